The number of likely N-dealkylation sites (tertiary alicyclic amines) is 1. The van der Waals surface area contributed by atoms with Crippen molar-refractivity contribution in [2.45, 2.75) is 25.3 Å². The second-order valence-electron chi connectivity index (χ2n) is 6.14. The van der Waals surface area contributed by atoms with Crippen molar-refractivity contribution < 1.29 is 24.2 Å². The first-order valence-electron chi connectivity index (χ1n) is 7.99. The molecule has 1 aromatic carbocycles. The molecule has 24 heavy (non-hydrogen) atoms. The molecule has 0 aromatic heterocycles. The van der Waals surface area contributed by atoms with Crippen LogP contribution in [0.15, 0.2) is 24.3 Å². The van der Waals surface area contributed by atoms with Crippen molar-refractivity contribution in [1.82, 2.24) is 4.90 Å². The summed E-state index contributed by atoms with van der Waals surface area (Å²) in [4.78, 5) is 39.3. The number of piperidine rings is 1. The summed E-state index contributed by atoms with van der Waals surface area (Å²) in [5.41, 5.74) is 0.507. The lowest BCUT2D eigenvalue weighted by Crippen LogP contribution is -2.46. The van der Waals surface area contributed by atoms with Crippen LogP contribution in [-0.4, -0.2) is 54.0 Å². The number of carbonyl (C=O) groups excluding carboxylic acids is 2. The van der Waals surface area contributed by atoms with Crippen molar-refractivity contribution in [2.24, 2.45) is 5.92 Å². The van der Waals surface area contributed by atoms with E-state index >= 15 is 0 Å². The van der Waals surface area contributed by atoms with E-state index in [1.54, 1.807) is 24.3 Å². The second-order valence-corrected chi connectivity index (χ2v) is 6.14. The quantitative estimate of drug-likeness (QED) is 0.832. The van der Waals surface area contributed by atoms with E-state index in [4.69, 9.17) is 9.84 Å². The molecule has 0 bridgehead atoms. The molecule has 0 spiro atoms. The third kappa shape index (κ3) is 2.99. The summed E-state index contributed by atoms with van der Waals surface area (Å²) in [6.07, 6.45) is 1.15. The second kappa shape index (κ2) is 6.60. The van der Waals surface area contributed by atoms with E-state index in [-0.39, 0.29) is 24.2 Å². The summed E-state index contributed by atoms with van der Waals surface area (Å²) < 4.78 is 5.15. The molecule has 0 radical (unpaired) electrons. The van der Waals surface area contributed by atoms with Crippen LogP contribution in [0.4, 0.5) is 5.69 Å². The van der Waals surface area contributed by atoms with Gasteiger partial charge in [0.2, 0.25) is 5.91 Å². The van der Waals surface area contributed by atoms with Crippen molar-refractivity contribution in [3.8, 4) is 5.75 Å². The maximum Gasteiger partial charge on any atom is 0.306 e. The molecule has 1 N–H and O–H groups in total. The summed E-state index contributed by atoms with van der Waals surface area (Å²) in [5, 5.41) is 9.06. The predicted molar refractivity (Wildman–Crippen MR) is 85.8 cm³/mol. The molecule has 2 saturated heterocycles. The minimum atomic E-state index is -0.790. The topological polar surface area (TPSA) is 87.2 Å². The number of hydrogen-bond acceptors (Lipinski definition) is 5. The third-order valence-electron chi connectivity index (χ3n) is 4.75. The van der Waals surface area contributed by atoms with Crippen LogP contribution in [0.5, 0.6) is 5.75 Å². The fraction of sp³-hybridized carbons (Fsp3) is 0.471. The average Bonchev–Trinajstić information content (AvgIpc) is 2.89. The van der Waals surface area contributed by atoms with Crippen molar-refractivity contribution in [3.05, 3.63) is 24.3 Å². The number of hydrogen-bond donors (Lipinski definition) is 1. The number of rotatable bonds is 4. The number of benzene rings is 1. The first-order valence-corrected chi connectivity index (χ1v) is 7.99. The molecule has 1 aromatic rings. The number of anilines is 1. The Morgan fingerprint density at radius 2 is 1.96 bits per heavy atom. The molecule has 2 fully saturated rings. The van der Waals surface area contributed by atoms with Gasteiger partial charge in [-0.1, -0.05) is 6.07 Å². The van der Waals surface area contributed by atoms with Gasteiger partial charge in [-0.25, -0.2) is 4.90 Å². The Kier molecular flexibility index (Phi) is 4.53. The molecule has 2 aliphatic rings. The van der Waals surface area contributed by atoms with Crippen molar-refractivity contribution in [2.75, 3.05) is 25.1 Å². The molecular weight excluding hydrogens is 312 g/mol. The lowest BCUT2D eigenvalue weighted by Gasteiger charge is -2.33. The zero-order valence-corrected chi connectivity index (χ0v) is 13.5. The average molecular weight is 332 g/mol. The van der Waals surface area contributed by atoms with Gasteiger partial charge >= 0.3 is 5.97 Å². The molecule has 2 aliphatic heterocycles. The molecule has 3 rings (SSSR count). The first-order chi connectivity index (χ1) is 11.5. The van der Waals surface area contributed by atoms with Crippen molar-refractivity contribution in [1.29, 1.82) is 0 Å². The van der Waals surface area contributed by atoms with E-state index < -0.39 is 12.0 Å². The van der Waals surface area contributed by atoms with Gasteiger partial charge in [-0.2, -0.15) is 0 Å². The number of imide groups is 1. The van der Waals surface area contributed by atoms with E-state index in [1.165, 1.54) is 12.0 Å². The first kappa shape index (κ1) is 16.4. The van der Waals surface area contributed by atoms with Gasteiger partial charge < -0.3 is 9.84 Å². The molecular formula is C17H20N2O5. The summed E-state index contributed by atoms with van der Waals surface area (Å²) in [6, 6.07) is 6.36. The molecule has 0 saturated carbocycles. The number of methoxy groups -OCH3 is 1. The van der Waals surface area contributed by atoms with Crippen LogP contribution >= 0.6 is 0 Å². The largest absolute Gasteiger partial charge is 0.497 e. The van der Waals surface area contributed by atoms with Gasteiger partial charge in [0, 0.05) is 6.07 Å². The lowest BCUT2D eigenvalue weighted by molar-refractivity contribution is -0.143. The van der Waals surface area contributed by atoms with Crippen molar-refractivity contribution >= 4 is 23.5 Å². The predicted octanol–water partition coefficient (Wildman–Crippen LogP) is 1.12. The van der Waals surface area contributed by atoms with Crippen LogP contribution in [-0.2, 0) is 14.4 Å². The molecule has 2 amide bonds. The molecule has 0 aliphatic carbocycles. The molecule has 1 atom stereocenters. The molecule has 7 nitrogen and oxygen atoms in total. The Balaban J connectivity index is 1.73. The maximum absolute atomic E-state index is 12.7. The van der Waals surface area contributed by atoms with Gasteiger partial charge in [-0.05, 0) is 38.1 Å². The Hall–Kier alpha value is -2.41. The summed E-state index contributed by atoms with van der Waals surface area (Å²) in [7, 11) is 1.53. The highest BCUT2D eigenvalue weighted by Gasteiger charge is 2.43. The normalized spacial score (nSPS) is 22.9. The van der Waals surface area contributed by atoms with Crippen LogP contribution in [0.3, 0.4) is 0 Å². The number of amides is 2. The van der Waals surface area contributed by atoms with E-state index in [0.29, 0.717) is 37.4 Å². The zero-order valence-electron chi connectivity index (χ0n) is 13.5. The highest BCUT2D eigenvalue weighted by molar-refractivity contribution is 6.22. The monoisotopic (exact) mass is 332 g/mol. The molecule has 1 unspecified atom stereocenters. The summed E-state index contributed by atoms with van der Waals surface area (Å²) in [6.45, 7) is 1.04. The number of carbonyl (C=O) groups is 3. The zero-order chi connectivity index (χ0) is 17.3. The fourth-order valence-electron chi connectivity index (χ4n) is 3.38. The van der Waals surface area contributed by atoms with Gasteiger partial charge in [0.15, 0.2) is 0 Å². The van der Waals surface area contributed by atoms with E-state index in [0.717, 1.165) is 0 Å². The van der Waals surface area contributed by atoms with E-state index in [1.807, 2.05) is 4.90 Å². The van der Waals surface area contributed by atoms with Gasteiger partial charge in [-0.3, -0.25) is 19.3 Å². The fourth-order valence-corrected chi connectivity index (χ4v) is 3.38. The molecule has 128 valence electrons. The standard InChI is InChI=1S/C17H20N2O5/c1-24-13-4-2-3-12(9-13)19-15(20)10-14(16(19)21)18-7-5-11(6-8-18)17(22)23/h2-4,9,11,14H,5-8,10H2,1H3,(H,22,23). The number of carboxylic acids is 1. The minimum Gasteiger partial charge on any atom is -0.497 e. The molecule has 7 heteroatoms. The van der Waals surface area contributed by atoms with Gasteiger partial charge in [0.25, 0.3) is 5.91 Å². The number of nitrogens with zero attached hydrogens (tertiary/aromatic N) is 2. The molecule has 2 heterocycles. The van der Waals surface area contributed by atoms with Crippen LogP contribution in [0, 0.1) is 5.92 Å². The Morgan fingerprint density at radius 3 is 2.58 bits per heavy atom. The smallest absolute Gasteiger partial charge is 0.306 e. The van der Waals surface area contributed by atoms with Crippen LogP contribution in [0.2, 0.25) is 0 Å². The Morgan fingerprint density at radius 1 is 1.25 bits per heavy atom. The lowest BCUT2D eigenvalue weighted by atomic mass is 9.96. The summed E-state index contributed by atoms with van der Waals surface area (Å²) >= 11 is 0. The SMILES string of the molecule is COc1cccc(N2C(=O)CC(N3CCC(C(=O)O)CC3)C2=O)c1. The number of aliphatic carboxylic acids is 1. The van der Waals surface area contributed by atoms with Gasteiger partial charge in [0.05, 0.1) is 31.2 Å². The van der Waals surface area contributed by atoms with E-state index in [2.05, 4.69) is 0 Å². The summed E-state index contributed by atoms with van der Waals surface area (Å²) in [5.74, 6) is -1.05. The van der Waals surface area contributed by atoms with Crippen LogP contribution in [0.25, 0.3) is 0 Å². The van der Waals surface area contributed by atoms with Gasteiger partial charge in [-0.15, -0.1) is 0 Å². The van der Waals surface area contributed by atoms with E-state index in [9.17, 15) is 14.4 Å². The van der Waals surface area contributed by atoms with Gasteiger partial charge in [0.1, 0.15) is 5.75 Å². The number of carboxylic acid groups (broad SMARTS) is 1. The number of ether oxygens (including phenoxy) is 1. The van der Waals surface area contributed by atoms with Crippen LogP contribution in [0.1, 0.15) is 19.3 Å². The van der Waals surface area contributed by atoms with Crippen molar-refractivity contribution in [3.63, 3.8) is 0 Å². The minimum absolute atomic E-state index is 0.133. The third-order valence-corrected chi connectivity index (χ3v) is 4.75. The Labute approximate surface area is 139 Å². The highest BCUT2D eigenvalue weighted by Crippen LogP contribution is 2.30. The highest BCUT2D eigenvalue weighted by atomic mass is 16.5. The maximum atomic E-state index is 12.7. The Bertz CT molecular complexity index is 667. The van der Waals surface area contributed by atoms with Crippen LogP contribution < -0.4 is 9.64 Å².